The predicted molar refractivity (Wildman–Crippen MR) is 202 cm³/mol. The fraction of sp³-hybridized carbons (Fsp3) is 0.263. The standard InChI is InChI=1S/C21H17ClF4N4O.C17H14Cl2N6O/c1-11-10-17-19(27-28-30(17)14-8-6-13(23)7-9-14)12(2)29(11)20(31)15-4-3-5-16(18(15)22)21(24,25)26;1-10-15-14(25(23-22-15)17-20-6-2-7-21-17)5-8-24(10)16(26)12-4-3-11(18)9-13(12)19/h3-9,11-12H,10H2,1-2H3;2-4,6-7,9-10H,5,8H2,1H3/t11-,12-;/m1./s1. The Balaban J connectivity index is 0.000000177. The summed E-state index contributed by atoms with van der Waals surface area (Å²) >= 11 is 18.1. The Bertz CT molecular complexity index is 2460. The third-order valence-electron chi connectivity index (χ3n) is 9.82. The van der Waals surface area contributed by atoms with Crippen LogP contribution < -0.4 is 0 Å². The Kier molecular flexibility index (Phi) is 11.0. The predicted octanol–water partition coefficient (Wildman–Crippen LogP) is 8.35. The van der Waals surface area contributed by atoms with Crippen LogP contribution in [0, 0.1) is 5.82 Å². The van der Waals surface area contributed by atoms with Gasteiger partial charge < -0.3 is 9.80 Å². The summed E-state index contributed by atoms with van der Waals surface area (Å²) in [6.07, 6.45) is -0.395. The number of carbonyl (C=O) groups excluding carboxylic acids is 2. The molecular weight excluding hydrogens is 811 g/mol. The zero-order chi connectivity index (χ0) is 40.8. The fourth-order valence-corrected chi connectivity index (χ4v) is 7.84. The van der Waals surface area contributed by atoms with Gasteiger partial charge in [0.25, 0.3) is 17.8 Å². The fourth-order valence-electron chi connectivity index (χ4n) is 7.04. The molecule has 0 aliphatic carbocycles. The maximum atomic E-state index is 13.3. The highest BCUT2D eigenvalue weighted by molar-refractivity contribution is 6.36. The molecule has 0 saturated heterocycles. The molecule has 0 N–H and O–H groups in total. The highest BCUT2D eigenvalue weighted by Crippen LogP contribution is 2.39. The van der Waals surface area contributed by atoms with E-state index in [2.05, 4.69) is 30.6 Å². The zero-order valence-electron chi connectivity index (χ0n) is 30.3. The largest absolute Gasteiger partial charge is 0.417 e. The van der Waals surface area contributed by atoms with Gasteiger partial charge in [-0.3, -0.25) is 9.59 Å². The summed E-state index contributed by atoms with van der Waals surface area (Å²) in [5, 5.41) is 17.0. The molecule has 6 aromatic rings. The van der Waals surface area contributed by atoms with Crippen LogP contribution in [0.1, 0.15) is 81.9 Å². The van der Waals surface area contributed by atoms with Crippen molar-refractivity contribution in [2.45, 2.75) is 57.9 Å². The van der Waals surface area contributed by atoms with E-state index in [0.717, 1.165) is 29.2 Å². The van der Waals surface area contributed by atoms with E-state index >= 15 is 0 Å². The van der Waals surface area contributed by atoms with Crippen molar-refractivity contribution in [3.8, 4) is 11.6 Å². The number of aromatic nitrogens is 8. The van der Waals surface area contributed by atoms with Gasteiger partial charge in [-0.15, -0.1) is 10.2 Å². The number of hydrogen-bond acceptors (Lipinski definition) is 8. The van der Waals surface area contributed by atoms with Crippen LogP contribution in [0.25, 0.3) is 11.6 Å². The maximum Gasteiger partial charge on any atom is 0.417 e. The number of alkyl halides is 3. The van der Waals surface area contributed by atoms with Crippen LogP contribution in [0.2, 0.25) is 15.1 Å². The van der Waals surface area contributed by atoms with Gasteiger partial charge in [-0.1, -0.05) is 51.3 Å². The van der Waals surface area contributed by atoms with E-state index in [9.17, 15) is 27.2 Å². The third-order valence-corrected chi connectivity index (χ3v) is 10.8. The van der Waals surface area contributed by atoms with Gasteiger partial charge in [0.15, 0.2) is 0 Å². The quantitative estimate of drug-likeness (QED) is 0.162. The van der Waals surface area contributed by atoms with Crippen LogP contribution in [0.15, 0.2) is 79.1 Å². The van der Waals surface area contributed by atoms with Crippen molar-refractivity contribution < 1.29 is 27.2 Å². The Morgan fingerprint density at radius 1 is 0.772 bits per heavy atom. The number of carbonyl (C=O) groups is 2. The molecule has 3 atom stereocenters. The molecule has 2 aliphatic rings. The molecule has 5 heterocycles. The first-order valence-corrected chi connectivity index (χ1v) is 18.7. The lowest BCUT2D eigenvalue weighted by Crippen LogP contribution is -2.45. The molecule has 2 aliphatic heterocycles. The molecule has 12 nitrogen and oxygen atoms in total. The third kappa shape index (κ3) is 7.68. The molecule has 0 saturated carbocycles. The van der Waals surface area contributed by atoms with Gasteiger partial charge in [-0.2, -0.15) is 17.9 Å². The van der Waals surface area contributed by atoms with E-state index in [4.69, 9.17) is 34.8 Å². The van der Waals surface area contributed by atoms with Crippen molar-refractivity contribution >= 4 is 46.6 Å². The molecule has 8 rings (SSSR count). The van der Waals surface area contributed by atoms with Crippen LogP contribution in [0.5, 0.6) is 0 Å². The first-order valence-electron chi connectivity index (χ1n) is 17.5. The number of rotatable bonds is 4. The second-order valence-electron chi connectivity index (χ2n) is 13.3. The first kappa shape index (κ1) is 39.8. The van der Waals surface area contributed by atoms with Crippen LogP contribution in [0.3, 0.4) is 0 Å². The smallest absolute Gasteiger partial charge is 0.330 e. The molecule has 3 aromatic carbocycles. The topological polar surface area (TPSA) is 128 Å². The minimum atomic E-state index is -4.67. The number of nitrogens with zero attached hydrogens (tertiary/aromatic N) is 10. The number of fused-ring (bicyclic) bond motifs is 2. The van der Waals surface area contributed by atoms with Gasteiger partial charge in [0.05, 0.1) is 55.9 Å². The van der Waals surface area contributed by atoms with Gasteiger partial charge in [-0.25, -0.2) is 19.0 Å². The molecule has 3 aromatic heterocycles. The summed E-state index contributed by atoms with van der Waals surface area (Å²) in [5.41, 5.74) is 2.70. The lowest BCUT2D eigenvalue weighted by atomic mass is 9.96. The Morgan fingerprint density at radius 2 is 1.44 bits per heavy atom. The van der Waals surface area contributed by atoms with Crippen molar-refractivity contribution in [1.82, 2.24) is 49.8 Å². The maximum absolute atomic E-state index is 13.3. The number of halogens is 7. The summed E-state index contributed by atoms with van der Waals surface area (Å²) in [6.45, 7) is 5.97. The highest BCUT2D eigenvalue weighted by Gasteiger charge is 2.40. The Hall–Kier alpha value is -5.45. The molecule has 0 spiro atoms. The number of benzene rings is 3. The monoisotopic (exact) mass is 840 g/mol. The van der Waals surface area contributed by atoms with Gasteiger partial charge >= 0.3 is 6.18 Å². The molecule has 1 unspecified atom stereocenters. The van der Waals surface area contributed by atoms with Crippen molar-refractivity contribution in [3.63, 3.8) is 0 Å². The average molecular weight is 842 g/mol. The molecule has 57 heavy (non-hydrogen) atoms. The van der Waals surface area contributed by atoms with Crippen LogP contribution in [0.4, 0.5) is 17.6 Å². The van der Waals surface area contributed by atoms with Crippen LogP contribution in [-0.4, -0.2) is 74.2 Å². The minimum absolute atomic E-state index is 0.157. The van der Waals surface area contributed by atoms with Crippen molar-refractivity contribution in [2.24, 2.45) is 0 Å². The average Bonchev–Trinajstić information content (AvgIpc) is 3.81. The Labute approximate surface area is 338 Å². The molecule has 294 valence electrons. The molecular formula is C38H31Cl3F4N10O2. The van der Waals surface area contributed by atoms with Crippen LogP contribution >= 0.6 is 34.8 Å². The van der Waals surface area contributed by atoms with Gasteiger partial charge in [0.2, 0.25) is 0 Å². The number of amides is 2. The highest BCUT2D eigenvalue weighted by atomic mass is 35.5. The van der Waals surface area contributed by atoms with Crippen LogP contribution in [-0.2, 0) is 19.0 Å². The van der Waals surface area contributed by atoms with E-state index in [0.29, 0.717) is 52.3 Å². The van der Waals surface area contributed by atoms with E-state index in [1.54, 1.807) is 76.9 Å². The second-order valence-corrected chi connectivity index (χ2v) is 14.6. The van der Waals surface area contributed by atoms with Crippen molar-refractivity contribution in [3.05, 3.63) is 139 Å². The molecule has 19 heteroatoms. The lowest BCUT2D eigenvalue weighted by molar-refractivity contribution is -0.137. The summed E-state index contributed by atoms with van der Waals surface area (Å²) < 4.78 is 56.1. The van der Waals surface area contributed by atoms with Gasteiger partial charge in [0, 0.05) is 42.8 Å². The summed E-state index contributed by atoms with van der Waals surface area (Å²) in [7, 11) is 0. The van der Waals surface area contributed by atoms with Crippen molar-refractivity contribution in [1.29, 1.82) is 0 Å². The summed E-state index contributed by atoms with van der Waals surface area (Å²) in [6, 6.07) is 14.5. The van der Waals surface area contributed by atoms with E-state index in [-0.39, 0.29) is 29.4 Å². The van der Waals surface area contributed by atoms with Gasteiger partial charge in [-0.05, 0) is 81.4 Å². The molecule has 2 amide bonds. The lowest BCUT2D eigenvalue weighted by Gasteiger charge is -2.38. The summed E-state index contributed by atoms with van der Waals surface area (Å²) in [4.78, 5) is 37.8. The van der Waals surface area contributed by atoms with E-state index < -0.39 is 28.7 Å². The Morgan fingerprint density at radius 3 is 2.11 bits per heavy atom. The van der Waals surface area contributed by atoms with E-state index in [1.165, 1.54) is 23.1 Å². The van der Waals surface area contributed by atoms with Crippen molar-refractivity contribution in [2.75, 3.05) is 6.54 Å². The zero-order valence-corrected chi connectivity index (χ0v) is 32.6. The minimum Gasteiger partial charge on any atom is -0.330 e. The summed E-state index contributed by atoms with van der Waals surface area (Å²) in [5.74, 6) is -0.684. The first-order chi connectivity index (χ1) is 27.1. The van der Waals surface area contributed by atoms with E-state index in [1.807, 2.05) is 6.92 Å². The molecule has 0 bridgehead atoms. The normalized spacial score (nSPS) is 17.7. The molecule has 0 fully saturated rings. The SMILES string of the molecule is CC1c2nnn(-c3ncccn3)c2CCN1C(=O)c1ccc(Cl)cc1Cl.C[C@@H]1Cc2c(nnn2-c2ccc(F)cc2)[C@@H](C)N1C(=O)c1cccc(C(F)(F)F)c1Cl. The molecule has 0 radical (unpaired) electrons. The van der Waals surface area contributed by atoms with Gasteiger partial charge in [0.1, 0.15) is 17.2 Å². The number of hydrogen-bond donors (Lipinski definition) is 0. The second kappa shape index (κ2) is 15.8.